The van der Waals surface area contributed by atoms with Crippen LogP contribution >= 0.6 is 19.6 Å². The van der Waals surface area contributed by atoms with Crippen LogP contribution < -0.4 is 0 Å². The second-order valence-electron chi connectivity index (χ2n) is 3.02. The summed E-state index contributed by atoms with van der Waals surface area (Å²) in [6.07, 6.45) is 0. The third kappa shape index (κ3) is 3.40. The molecular formula is C6H17O3PS2. The predicted molar refractivity (Wildman–Crippen MR) is 59.1 cm³/mol. The maximum Gasteiger partial charge on any atom is 0.291 e. The summed E-state index contributed by atoms with van der Waals surface area (Å²) >= 11 is 3.49. The smallest absolute Gasteiger partial charge is 0.291 e. The van der Waals surface area contributed by atoms with Gasteiger partial charge in [0.25, 0.3) is 6.72 Å². The van der Waals surface area contributed by atoms with Crippen LogP contribution in [0.3, 0.4) is 0 Å². The van der Waals surface area contributed by atoms with Gasteiger partial charge in [0.2, 0.25) is 0 Å². The van der Waals surface area contributed by atoms with Crippen molar-refractivity contribution in [3.63, 3.8) is 0 Å². The molecule has 12 heavy (non-hydrogen) atoms. The highest BCUT2D eigenvalue weighted by atomic mass is 32.5. The second kappa shape index (κ2) is 5.03. The Bertz CT molecular complexity index is 187. The van der Waals surface area contributed by atoms with E-state index in [0.29, 0.717) is 0 Å². The Hall–Kier alpha value is 1.01. The summed E-state index contributed by atoms with van der Waals surface area (Å²) in [5, 5.41) is 0.418. The monoisotopic (exact) mass is 232 g/mol. The summed E-state index contributed by atoms with van der Waals surface area (Å²) in [4.78, 5) is 19.0. The predicted octanol–water partition coefficient (Wildman–Crippen LogP) is 1.95. The van der Waals surface area contributed by atoms with Gasteiger partial charge in [-0.25, -0.2) is 3.97 Å². The van der Waals surface area contributed by atoms with E-state index in [1.54, 1.807) is 0 Å². The van der Waals surface area contributed by atoms with Crippen molar-refractivity contribution in [2.24, 2.45) is 0 Å². The molecule has 0 saturated carbocycles. The number of thiol groups is 1. The van der Waals surface area contributed by atoms with Gasteiger partial charge in [-0.2, -0.15) is 0 Å². The highest BCUT2D eigenvalue weighted by Crippen LogP contribution is 2.47. The minimum Gasteiger partial charge on any atom is -0.328 e. The van der Waals surface area contributed by atoms with Crippen molar-refractivity contribution in [3.8, 4) is 0 Å². The summed E-state index contributed by atoms with van der Waals surface area (Å²) in [6, 6.07) is 0. The third-order valence-corrected chi connectivity index (χ3v) is 9.46. The molecular weight excluding hydrogens is 215 g/mol. The van der Waals surface area contributed by atoms with Crippen molar-refractivity contribution in [1.29, 1.82) is 0 Å². The lowest BCUT2D eigenvalue weighted by Crippen LogP contribution is -2.17. The molecule has 0 fully saturated rings. The molecule has 0 amide bonds. The van der Waals surface area contributed by atoms with Gasteiger partial charge in [-0.05, 0) is 12.9 Å². The van der Waals surface area contributed by atoms with Crippen LogP contribution in [0.25, 0.3) is 0 Å². The molecule has 0 saturated heterocycles. The van der Waals surface area contributed by atoms with Crippen molar-refractivity contribution in [1.82, 2.24) is 0 Å². The van der Waals surface area contributed by atoms with Gasteiger partial charge in [0, 0.05) is 10.5 Å². The number of rotatable bonds is 3. The normalized spacial score (nSPS) is 13.5. The molecule has 0 rings (SSSR count). The highest BCUT2D eigenvalue weighted by Gasteiger charge is 2.21. The molecule has 3 nitrogen and oxygen atoms in total. The molecule has 0 radical (unpaired) electrons. The molecule has 6 heteroatoms. The molecule has 2 N–H and O–H groups in total. The van der Waals surface area contributed by atoms with Gasteiger partial charge in [-0.3, -0.25) is 0 Å². The largest absolute Gasteiger partial charge is 0.328 e. The van der Waals surface area contributed by atoms with Crippen LogP contribution in [-0.2, 0) is 14.0 Å². The summed E-state index contributed by atoms with van der Waals surface area (Å²) < 4.78 is 4.45. The van der Waals surface area contributed by atoms with Gasteiger partial charge >= 0.3 is 0 Å². The first-order valence-corrected chi connectivity index (χ1v) is 7.66. The van der Waals surface area contributed by atoms with Gasteiger partial charge in [-0.1, -0.05) is 27.7 Å². The van der Waals surface area contributed by atoms with E-state index in [9.17, 15) is 9.79 Å². The van der Waals surface area contributed by atoms with E-state index in [2.05, 4.69) is 16.9 Å². The van der Waals surface area contributed by atoms with Crippen LogP contribution in [0.2, 0.25) is 0 Å². The van der Waals surface area contributed by atoms with Gasteiger partial charge < -0.3 is 9.79 Å². The average Bonchev–Trinajstić information content (AvgIpc) is 1.84. The standard InChI is InChI=1S/C6H17O3PS2/c1-5(2)12(6(3)4)10(7,8)9-11/h5-8,11H,1-4H3. The third-order valence-electron chi connectivity index (χ3n) is 1.35. The average molecular weight is 232 g/mol. The molecule has 76 valence electrons. The molecule has 0 aliphatic rings. The van der Waals surface area contributed by atoms with Crippen LogP contribution in [0.1, 0.15) is 27.7 Å². The Morgan fingerprint density at radius 3 is 1.58 bits per heavy atom. The van der Waals surface area contributed by atoms with Gasteiger partial charge in [0.1, 0.15) is 0 Å². The van der Waals surface area contributed by atoms with Crippen LogP contribution in [0.5, 0.6) is 0 Å². The van der Waals surface area contributed by atoms with E-state index in [-0.39, 0.29) is 10.5 Å². The molecule has 0 aromatic carbocycles. The van der Waals surface area contributed by atoms with Gasteiger partial charge in [0.05, 0.1) is 0 Å². The van der Waals surface area contributed by atoms with E-state index in [0.717, 1.165) is 0 Å². The first kappa shape index (κ1) is 13.0. The van der Waals surface area contributed by atoms with Crippen molar-refractivity contribution in [3.05, 3.63) is 0 Å². The quantitative estimate of drug-likeness (QED) is 0.396. The zero-order valence-electron chi connectivity index (χ0n) is 7.76. The van der Waals surface area contributed by atoms with Crippen molar-refractivity contribution in [2.75, 3.05) is 0 Å². The fourth-order valence-electron chi connectivity index (χ4n) is 1.13. The fraction of sp³-hybridized carbons (Fsp3) is 1.00. The molecule has 0 bridgehead atoms. The number of hydrogen-bond acceptors (Lipinski definition) is 2. The minimum atomic E-state index is -3.25. The fourth-order valence-corrected chi connectivity index (χ4v) is 7.62. The van der Waals surface area contributed by atoms with E-state index in [4.69, 9.17) is 0 Å². The molecule has 0 unspecified atom stereocenters. The molecule has 0 heterocycles. The Morgan fingerprint density at radius 2 is 1.50 bits per heavy atom. The van der Waals surface area contributed by atoms with Crippen molar-refractivity contribution in [2.45, 2.75) is 38.2 Å². The van der Waals surface area contributed by atoms with E-state index < -0.39 is 16.8 Å². The number of hydrogen-bond donors (Lipinski definition) is 3. The summed E-state index contributed by atoms with van der Waals surface area (Å²) in [7, 11) is -0.515. The van der Waals surface area contributed by atoms with E-state index in [1.165, 1.54) is 0 Å². The topological polar surface area (TPSA) is 49.7 Å². The molecule has 0 aliphatic heterocycles. The Morgan fingerprint density at radius 1 is 1.17 bits per heavy atom. The lowest BCUT2D eigenvalue weighted by molar-refractivity contribution is 0.394. The summed E-state index contributed by atoms with van der Waals surface area (Å²) in [6.45, 7) is 4.57. The lowest BCUT2D eigenvalue weighted by atomic mass is 10.6. The lowest BCUT2D eigenvalue weighted by Gasteiger charge is -2.23. The summed E-state index contributed by atoms with van der Waals surface area (Å²) in [5.41, 5.74) is 0. The molecule has 0 atom stereocenters. The minimum absolute atomic E-state index is 0.209. The Labute approximate surface area is 81.9 Å². The van der Waals surface area contributed by atoms with Crippen LogP contribution in [0.4, 0.5) is 0 Å². The molecule has 0 aromatic heterocycles. The first-order valence-electron chi connectivity index (χ1n) is 3.73. The van der Waals surface area contributed by atoms with E-state index >= 15 is 0 Å². The maximum absolute atomic E-state index is 9.50. The Balaban J connectivity index is 5.07. The molecule has 0 aliphatic carbocycles. The summed E-state index contributed by atoms with van der Waals surface area (Å²) in [5.74, 6) is 0. The zero-order chi connectivity index (χ0) is 9.94. The molecule has 0 aromatic rings. The maximum atomic E-state index is 9.50. The van der Waals surface area contributed by atoms with Gasteiger partial charge in [0.15, 0.2) is 0 Å². The van der Waals surface area contributed by atoms with Crippen LogP contribution in [0.15, 0.2) is 0 Å². The molecule has 0 spiro atoms. The van der Waals surface area contributed by atoms with Gasteiger partial charge in [-0.15, -0.1) is 10.1 Å². The van der Waals surface area contributed by atoms with Crippen molar-refractivity contribution < 1.29 is 13.8 Å². The Kier molecular flexibility index (Phi) is 5.46. The second-order valence-corrected chi connectivity index (χ2v) is 9.92. The van der Waals surface area contributed by atoms with Crippen LogP contribution in [0, 0.1) is 0 Å². The van der Waals surface area contributed by atoms with Crippen LogP contribution in [-0.4, -0.2) is 20.3 Å². The van der Waals surface area contributed by atoms with E-state index in [1.807, 2.05) is 27.7 Å². The highest BCUT2D eigenvalue weighted by molar-refractivity contribution is 8.29. The SMILES string of the molecule is CC(C)S(C(C)C)=P(O)(O)OS. The van der Waals surface area contributed by atoms with Crippen molar-refractivity contribution >= 4 is 29.7 Å². The zero-order valence-corrected chi connectivity index (χ0v) is 10.4. The first-order chi connectivity index (χ1) is 5.33.